The van der Waals surface area contributed by atoms with E-state index in [1.807, 2.05) is 23.6 Å². The summed E-state index contributed by atoms with van der Waals surface area (Å²) in [5.74, 6) is 0.00632. The fraction of sp³-hybridized carbons (Fsp3) is 0.500. The van der Waals surface area contributed by atoms with Crippen molar-refractivity contribution in [2.75, 3.05) is 32.4 Å². The Balaban J connectivity index is 1.55. The van der Waals surface area contributed by atoms with Crippen LogP contribution in [0.5, 0.6) is 0 Å². The molecule has 21 heavy (non-hydrogen) atoms. The van der Waals surface area contributed by atoms with Crippen LogP contribution in [0.1, 0.15) is 11.3 Å². The van der Waals surface area contributed by atoms with E-state index in [2.05, 4.69) is 0 Å². The van der Waals surface area contributed by atoms with E-state index in [0.717, 1.165) is 11.3 Å². The first-order chi connectivity index (χ1) is 9.88. The van der Waals surface area contributed by atoms with Crippen molar-refractivity contribution < 1.29 is 13.2 Å². The molecule has 0 radical (unpaired) electrons. The molecule has 2 aliphatic rings. The van der Waals surface area contributed by atoms with Gasteiger partial charge in [0, 0.05) is 42.5 Å². The van der Waals surface area contributed by atoms with Gasteiger partial charge in [-0.2, -0.15) is 0 Å². The van der Waals surface area contributed by atoms with Gasteiger partial charge in [-0.15, -0.1) is 11.3 Å². The van der Waals surface area contributed by atoms with Crippen LogP contribution < -0.4 is 0 Å². The van der Waals surface area contributed by atoms with Crippen LogP contribution in [-0.2, 0) is 14.8 Å². The Labute approximate surface area is 128 Å². The lowest BCUT2D eigenvalue weighted by molar-refractivity contribution is -0.136. The normalized spacial score (nSPS) is 22.0. The van der Waals surface area contributed by atoms with Crippen molar-refractivity contribution in [2.24, 2.45) is 5.41 Å². The van der Waals surface area contributed by atoms with Crippen molar-refractivity contribution >= 4 is 33.3 Å². The number of rotatable bonds is 3. The molecule has 0 saturated carbocycles. The molecule has 0 atom stereocenters. The van der Waals surface area contributed by atoms with Crippen molar-refractivity contribution in [1.29, 1.82) is 0 Å². The number of thiophene rings is 1. The SMILES string of the molecule is CS(=O)(=O)N1CCC2(CN(C(=O)/C=C/c3cccs3)C2)C1. The highest BCUT2D eigenvalue weighted by atomic mass is 32.2. The predicted molar refractivity (Wildman–Crippen MR) is 83.4 cm³/mol. The highest BCUT2D eigenvalue weighted by molar-refractivity contribution is 7.88. The van der Waals surface area contributed by atoms with E-state index in [-0.39, 0.29) is 11.3 Å². The number of likely N-dealkylation sites (tertiary alicyclic amines) is 1. The fourth-order valence-electron chi connectivity index (χ4n) is 3.00. The van der Waals surface area contributed by atoms with Gasteiger partial charge in [0.25, 0.3) is 0 Å². The molecule has 1 aromatic heterocycles. The van der Waals surface area contributed by atoms with E-state index in [1.165, 1.54) is 10.6 Å². The van der Waals surface area contributed by atoms with Gasteiger partial charge in [0.2, 0.25) is 15.9 Å². The minimum absolute atomic E-state index is 0.00632. The third-order valence-corrected chi connectivity index (χ3v) is 6.26. The van der Waals surface area contributed by atoms with Crippen LogP contribution in [0.2, 0.25) is 0 Å². The lowest BCUT2D eigenvalue weighted by Crippen LogP contribution is -2.59. The van der Waals surface area contributed by atoms with E-state index < -0.39 is 10.0 Å². The monoisotopic (exact) mass is 326 g/mol. The number of carbonyl (C=O) groups excluding carboxylic acids is 1. The van der Waals surface area contributed by atoms with Crippen LogP contribution >= 0.6 is 11.3 Å². The lowest BCUT2D eigenvalue weighted by atomic mass is 9.79. The maximum atomic E-state index is 12.1. The second-order valence-corrected chi connectivity index (χ2v) is 8.85. The molecule has 0 bridgehead atoms. The number of nitrogens with zero attached hydrogens (tertiary/aromatic N) is 2. The zero-order valence-electron chi connectivity index (χ0n) is 11.9. The summed E-state index contributed by atoms with van der Waals surface area (Å²) >= 11 is 1.59. The molecule has 1 aromatic rings. The fourth-order valence-corrected chi connectivity index (χ4v) is 4.55. The second kappa shape index (κ2) is 5.23. The van der Waals surface area contributed by atoms with E-state index in [1.54, 1.807) is 22.3 Å². The Morgan fingerprint density at radius 1 is 1.38 bits per heavy atom. The molecule has 3 rings (SSSR count). The molecule has 1 spiro atoms. The number of carbonyl (C=O) groups is 1. The van der Waals surface area contributed by atoms with Gasteiger partial charge in [-0.25, -0.2) is 12.7 Å². The van der Waals surface area contributed by atoms with Gasteiger partial charge in [-0.05, 0) is 23.9 Å². The van der Waals surface area contributed by atoms with Gasteiger partial charge in [-0.1, -0.05) is 6.07 Å². The number of amides is 1. The average Bonchev–Trinajstić information content (AvgIpc) is 3.02. The first-order valence-electron chi connectivity index (χ1n) is 6.84. The Morgan fingerprint density at radius 3 is 2.71 bits per heavy atom. The van der Waals surface area contributed by atoms with Gasteiger partial charge in [0.1, 0.15) is 0 Å². The molecular weight excluding hydrogens is 308 g/mol. The van der Waals surface area contributed by atoms with Crippen LogP contribution in [0.15, 0.2) is 23.6 Å². The molecule has 0 aliphatic carbocycles. The molecule has 2 aliphatic heterocycles. The standard InChI is InChI=1S/C14H18N2O3S2/c1-21(18,19)16-7-6-14(11-16)9-15(10-14)13(17)5-4-12-3-2-8-20-12/h2-5,8H,6-7,9-11H2,1H3/b5-4+. The molecule has 114 valence electrons. The molecule has 0 unspecified atom stereocenters. The molecular formula is C14H18N2O3S2. The lowest BCUT2D eigenvalue weighted by Gasteiger charge is -2.47. The summed E-state index contributed by atoms with van der Waals surface area (Å²) in [6.07, 6.45) is 5.52. The molecule has 5 nitrogen and oxygen atoms in total. The quantitative estimate of drug-likeness (QED) is 0.786. The third kappa shape index (κ3) is 3.04. The molecule has 2 saturated heterocycles. The Bertz CT molecular complexity index is 658. The smallest absolute Gasteiger partial charge is 0.246 e. The molecule has 3 heterocycles. The number of sulfonamides is 1. The van der Waals surface area contributed by atoms with Gasteiger partial charge in [-0.3, -0.25) is 4.79 Å². The van der Waals surface area contributed by atoms with Crippen LogP contribution in [0.3, 0.4) is 0 Å². The zero-order valence-corrected chi connectivity index (χ0v) is 13.5. The summed E-state index contributed by atoms with van der Waals surface area (Å²) in [4.78, 5) is 14.9. The topological polar surface area (TPSA) is 57.7 Å². The molecule has 7 heteroatoms. The van der Waals surface area contributed by atoms with Crippen LogP contribution in [-0.4, -0.2) is 56.0 Å². The molecule has 0 aromatic carbocycles. The van der Waals surface area contributed by atoms with Gasteiger partial charge in [0.05, 0.1) is 6.26 Å². The Kier molecular flexibility index (Phi) is 3.67. The van der Waals surface area contributed by atoms with E-state index in [4.69, 9.17) is 0 Å². The van der Waals surface area contributed by atoms with E-state index in [9.17, 15) is 13.2 Å². The maximum absolute atomic E-state index is 12.1. The van der Waals surface area contributed by atoms with Gasteiger partial charge >= 0.3 is 0 Å². The van der Waals surface area contributed by atoms with Crippen molar-refractivity contribution in [2.45, 2.75) is 6.42 Å². The predicted octanol–water partition coefficient (Wildman–Crippen LogP) is 1.26. The minimum atomic E-state index is -3.11. The summed E-state index contributed by atoms with van der Waals surface area (Å²) in [6, 6.07) is 3.92. The van der Waals surface area contributed by atoms with E-state index in [0.29, 0.717) is 26.2 Å². The maximum Gasteiger partial charge on any atom is 0.246 e. The highest BCUT2D eigenvalue weighted by Gasteiger charge is 2.50. The Hall–Kier alpha value is -1.18. The van der Waals surface area contributed by atoms with Crippen LogP contribution in [0.4, 0.5) is 0 Å². The van der Waals surface area contributed by atoms with Crippen molar-refractivity contribution in [3.05, 3.63) is 28.5 Å². The summed E-state index contributed by atoms with van der Waals surface area (Å²) in [6.45, 7) is 2.44. The summed E-state index contributed by atoms with van der Waals surface area (Å²) in [7, 11) is -3.11. The van der Waals surface area contributed by atoms with Crippen LogP contribution in [0, 0.1) is 5.41 Å². The first kappa shape index (κ1) is 14.7. The summed E-state index contributed by atoms with van der Waals surface area (Å²) < 4.78 is 24.6. The molecule has 1 amide bonds. The number of hydrogen-bond acceptors (Lipinski definition) is 4. The van der Waals surface area contributed by atoms with Crippen LogP contribution in [0.25, 0.3) is 6.08 Å². The summed E-state index contributed by atoms with van der Waals surface area (Å²) in [5, 5.41) is 1.97. The van der Waals surface area contributed by atoms with Gasteiger partial charge < -0.3 is 4.90 Å². The highest BCUT2D eigenvalue weighted by Crippen LogP contribution is 2.40. The van der Waals surface area contributed by atoms with Crippen molar-refractivity contribution in [3.63, 3.8) is 0 Å². The van der Waals surface area contributed by atoms with Gasteiger partial charge in [0.15, 0.2) is 0 Å². The van der Waals surface area contributed by atoms with E-state index >= 15 is 0 Å². The summed E-state index contributed by atoms with van der Waals surface area (Å²) in [5.41, 5.74) is -0.0183. The second-order valence-electron chi connectivity index (χ2n) is 5.89. The average molecular weight is 326 g/mol. The Morgan fingerprint density at radius 2 is 2.14 bits per heavy atom. The third-order valence-electron chi connectivity index (χ3n) is 4.17. The largest absolute Gasteiger partial charge is 0.338 e. The van der Waals surface area contributed by atoms with Crippen molar-refractivity contribution in [1.82, 2.24) is 9.21 Å². The zero-order chi connectivity index (χ0) is 15.1. The molecule has 2 fully saturated rings. The molecule has 0 N–H and O–H groups in total. The minimum Gasteiger partial charge on any atom is -0.338 e. The first-order valence-corrected chi connectivity index (χ1v) is 9.56. The van der Waals surface area contributed by atoms with Crippen molar-refractivity contribution in [3.8, 4) is 0 Å². The number of hydrogen-bond donors (Lipinski definition) is 0.